The predicted octanol–water partition coefficient (Wildman–Crippen LogP) is 3.15. The highest BCUT2D eigenvalue weighted by atomic mass is 15.1. The third kappa shape index (κ3) is 5.52. The van der Waals surface area contributed by atoms with E-state index in [9.17, 15) is 0 Å². The molecule has 1 atom stereocenters. The van der Waals surface area contributed by atoms with E-state index in [-0.39, 0.29) is 0 Å². The maximum Gasteiger partial charge on any atom is 0.179 e. The summed E-state index contributed by atoms with van der Waals surface area (Å²) in [6, 6.07) is 0.427. The summed E-state index contributed by atoms with van der Waals surface area (Å²) < 4.78 is 0. The van der Waals surface area contributed by atoms with Crippen LogP contribution in [0.3, 0.4) is 0 Å². The van der Waals surface area contributed by atoms with Crippen LogP contribution in [0.2, 0.25) is 0 Å². The molecular weight excluding hydrogens is 160 g/mol. The number of nitrogens with zero attached hydrogens (tertiary/aromatic N) is 2. The second-order valence-corrected chi connectivity index (χ2v) is 3.64. The van der Waals surface area contributed by atoms with E-state index in [1.165, 1.54) is 19.3 Å². The average Bonchev–Trinajstić information content (AvgIpc) is 2.16. The van der Waals surface area contributed by atoms with Gasteiger partial charge in [0, 0.05) is 12.6 Å². The van der Waals surface area contributed by atoms with Crippen LogP contribution in [-0.2, 0) is 0 Å². The van der Waals surface area contributed by atoms with E-state index in [1.807, 2.05) is 4.90 Å². The normalized spacial score (nSPS) is 12.2. The molecule has 0 aromatic rings. The molecular formula is C11H22N2. The van der Waals surface area contributed by atoms with E-state index in [4.69, 9.17) is 5.26 Å². The van der Waals surface area contributed by atoms with E-state index in [0.29, 0.717) is 6.04 Å². The SMILES string of the molecule is CCCCC(C)N(C#N)CCCC. The van der Waals surface area contributed by atoms with Crippen molar-refractivity contribution < 1.29 is 0 Å². The molecule has 0 saturated carbocycles. The van der Waals surface area contributed by atoms with Gasteiger partial charge in [-0.3, -0.25) is 0 Å². The van der Waals surface area contributed by atoms with Crippen molar-refractivity contribution in [3.05, 3.63) is 0 Å². The van der Waals surface area contributed by atoms with Gasteiger partial charge in [0.15, 0.2) is 6.19 Å². The minimum atomic E-state index is 0.427. The van der Waals surface area contributed by atoms with Crippen molar-refractivity contribution in [1.82, 2.24) is 4.90 Å². The van der Waals surface area contributed by atoms with Crippen LogP contribution in [0.4, 0.5) is 0 Å². The molecule has 0 saturated heterocycles. The monoisotopic (exact) mass is 182 g/mol. The van der Waals surface area contributed by atoms with Crippen LogP contribution in [-0.4, -0.2) is 17.5 Å². The lowest BCUT2D eigenvalue weighted by Gasteiger charge is -2.22. The van der Waals surface area contributed by atoms with Gasteiger partial charge in [-0.15, -0.1) is 0 Å². The van der Waals surface area contributed by atoms with Gasteiger partial charge in [-0.2, -0.15) is 5.26 Å². The summed E-state index contributed by atoms with van der Waals surface area (Å²) in [6.07, 6.45) is 8.17. The Labute approximate surface area is 82.5 Å². The Hall–Kier alpha value is -0.710. The zero-order chi connectivity index (χ0) is 10.1. The molecule has 0 aromatic heterocycles. The van der Waals surface area contributed by atoms with Gasteiger partial charge in [0.2, 0.25) is 0 Å². The summed E-state index contributed by atoms with van der Waals surface area (Å²) >= 11 is 0. The molecule has 0 fully saturated rings. The Balaban J connectivity index is 3.72. The predicted molar refractivity (Wildman–Crippen MR) is 56.2 cm³/mol. The van der Waals surface area contributed by atoms with Crippen molar-refractivity contribution in [2.24, 2.45) is 0 Å². The van der Waals surface area contributed by atoms with Crippen molar-refractivity contribution in [1.29, 1.82) is 5.26 Å². The minimum Gasteiger partial charge on any atom is -0.308 e. The highest BCUT2D eigenvalue weighted by Gasteiger charge is 2.09. The fraction of sp³-hybridized carbons (Fsp3) is 0.909. The van der Waals surface area contributed by atoms with Crippen molar-refractivity contribution in [3.63, 3.8) is 0 Å². The first-order chi connectivity index (χ1) is 6.26. The number of rotatable bonds is 7. The standard InChI is InChI=1S/C11H22N2/c1-4-6-8-11(3)13(10-12)9-7-5-2/h11H,4-9H2,1-3H3. The van der Waals surface area contributed by atoms with Crippen LogP contribution >= 0.6 is 0 Å². The van der Waals surface area contributed by atoms with E-state index in [2.05, 4.69) is 27.0 Å². The van der Waals surface area contributed by atoms with Gasteiger partial charge in [-0.05, 0) is 19.8 Å². The largest absolute Gasteiger partial charge is 0.308 e. The lowest BCUT2D eigenvalue weighted by molar-refractivity contribution is 0.283. The molecule has 0 N–H and O–H groups in total. The van der Waals surface area contributed by atoms with Gasteiger partial charge in [-0.25, -0.2) is 0 Å². The van der Waals surface area contributed by atoms with Crippen LogP contribution in [0.15, 0.2) is 0 Å². The summed E-state index contributed by atoms with van der Waals surface area (Å²) in [5.74, 6) is 0. The molecule has 0 radical (unpaired) electrons. The molecule has 0 aliphatic carbocycles. The van der Waals surface area contributed by atoms with Gasteiger partial charge < -0.3 is 4.90 Å². The van der Waals surface area contributed by atoms with Crippen molar-refractivity contribution in [3.8, 4) is 6.19 Å². The first-order valence-electron chi connectivity index (χ1n) is 5.42. The Kier molecular flexibility index (Phi) is 7.48. The van der Waals surface area contributed by atoms with Crippen LogP contribution in [0, 0.1) is 11.5 Å². The zero-order valence-electron chi connectivity index (χ0n) is 9.21. The van der Waals surface area contributed by atoms with Crippen molar-refractivity contribution >= 4 is 0 Å². The molecule has 2 nitrogen and oxygen atoms in total. The molecule has 0 heterocycles. The molecule has 0 spiro atoms. The summed E-state index contributed by atoms with van der Waals surface area (Å²) in [7, 11) is 0. The molecule has 0 rings (SSSR count). The van der Waals surface area contributed by atoms with Crippen LogP contribution in [0.1, 0.15) is 52.9 Å². The fourth-order valence-electron chi connectivity index (χ4n) is 1.35. The van der Waals surface area contributed by atoms with E-state index in [0.717, 1.165) is 19.4 Å². The highest BCUT2D eigenvalue weighted by molar-refractivity contribution is 4.79. The average molecular weight is 182 g/mol. The lowest BCUT2D eigenvalue weighted by atomic mass is 10.1. The van der Waals surface area contributed by atoms with Crippen LogP contribution in [0.25, 0.3) is 0 Å². The highest BCUT2D eigenvalue weighted by Crippen LogP contribution is 2.08. The van der Waals surface area contributed by atoms with Crippen LogP contribution in [0.5, 0.6) is 0 Å². The Morgan fingerprint density at radius 1 is 1.23 bits per heavy atom. The molecule has 13 heavy (non-hydrogen) atoms. The molecule has 1 unspecified atom stereocenters. The summed E-state index contributed by atoms with van der Waals surface area (Å²) in [6.45, 7) is 7.42. The summed E-state index contributed by atoms with van der Waals surface area (Å²) in [4.78, 5) is 1.92. The number of nitriles is 1. The molecule has 2 heteroatoms. The van der Waals surface area contributed by atoms with Crippen molar-refractivity contribution in [2.45, 2.75) is 58.9 Å². The zero-order valence-corrected chi connectivity index (χ0v) is 9.21. The smallest absolute Gasteiger partial charge is 0.179 e. The molecule has 0 aliphatic rings. The number of hydrogen-bond donors (Lipinski definition) is 0. The van der Waals surface area contributed by atoms with Crippen molar-refractivity contribution in [2.75, 3.05) is 6.54 Å². The maximum absolute atomic E-state index is 8.90. The van der Waals surface area contributed by atoms with Gasteiger partial charge in [-0.1, -0.05) is 33.1 Å². The molecule has 0 aliphatic heterocycles. The van der Waals surface area contributed by atoms with E-state index in [1.54, 1.807) is 0 Å². The van der Waals surface area contributed by atoms with Gasteiger partial charge in [0.05, 0.1) is 0 Å². The second-order valence-electron chi connectivity index (χ2n) is 3.64. The Morgan fingerprint density at radius 3 is 2.31 bits per heavy atom. The van der Waals surface area contributed by atoms with E-state index >= 15 is 0 Å². The third-order valence-corrected chi connectivity index (χ3v) is 2.39. The first kappa shape index (κ1) is 12.3. The first-order valence-corrected chi connectivity index (χ1v) is 5.42. The molecule has 0 bridgehead atoms. The van der Waals surface area contributed by atoms with E-state index < -0.39 is 0 Å². The molecule has 76 valence electrons. The quantitative estimate of drug-likeness (QED) is 0.447. The third-order valence-electron chi connectivity index (χ3n) is 2.39. The van der Waals surface area contributed by atoms with Gasteiger partial charge in [0.25, 0.3) is 0 Å². The Bertz CT molecular complexity index is 149. The number of unbranched alkanes of at least 4 members (excludes halogenated alkanes) is 2. The fourth-order valence-corrected chi connectivity index (χ4v) is 1.35. The number of hydrogen-bond acceptors (Lipinski definition) is 2. The summed E-state index contributed by atoms with van der Waals surface area (Å²) in [5, 5.41) is 8.90. The summed E-state index contributed by atoms with van der Waals surface area (Å²) in [5.41, 5.74) is 0. The van der Waals surface area contributed by atoms with Gasteiger partial charge in [0.1, 0.15) is 0 Å². The molecule has 0 aromatic carbocycles. The lowest BCUT2D eigenvalue weighted by Crippen LogP contribution is -2.29. The minimum absolute atomic E-state index is 0.427. The second kappa shape index (κ2) is 7.91. The Morgan fingerprint density at radius 2 is 1.85 bits per heavy atom. The van der Waals surface area contributed by atoms with Crippen LogP contribution < -0.4 is 0 Å². The van der Waals surface area contributed by atoms with Gasteiger partial charge >= 0.3 is 0 Å². The molecule has 0 amide bonds. The maximum atomic E-state index is 8.90. The topological polar surface area (TPSA) is 27.0 Å².